The molecule has 20 heavy (non-hydrogen) atoms. The van der Waals surface area contributed by atoms with E-state index in [1.807, 2.05) is 20.8 Å². The second-order valence-electron chi connectivity index (χ2n) is 5.69. The number of aliphatic hydroxyl groups excluding tert-OH is 1. The van der Waals surface area contributed by atoms with Gasteiger partial charge in [-0.15, -0.1) is 0 Å². The molecule has 1 aromatic carbocycles. The van der Waals surface area contributed by atoms with Gasteiger partial charge in [-0.25, -0.2) is 9.67 Å². The summed E-state index contributed by atoms with van der Waals surface area (Å²) in [7, 11) is 0. The maximum absolute atomic E-state index is 10.5. The van der Waals surface area contributed by atoms with E-state index in [1.54, 1.807) is 12.1 Å². The van der Waals surface area contributed by atoms with E-state index in [4.69, 9.17) is 4.74 Å². The van der Waals surface area contributed by atoms with Gasteiger partial charge < -0.3 is 14.9 Å². The number of hydrogen-bond acceptors (Lipinski definition) is 5. The van der Waals surface area contributed by atoms with Gasteiger partial charge in [0.05, 0.1) is 0 Å². The molecule has 0 aliphatic rings. The van der Waals surface area contributed by atoms with Gasteiger partial charge in [-0.3, -0.25) is 0 Å². The highest BCUT2D eigenvalue weighted by molar-refractivity contribution is 5.30. The molecule has 6 heteroatoms. The summed E-state index contributed by atoms with van der Waals surface area (Å²) in [4.78, 5) is 3.88. The topological polar surface area (TPSA) is 80.4 Å². The highest BCUT2D eigenvalue weighted by Crippen LogP contribution is 2.30. The van der Waals surface area contributed by atoms with Gasteiger partial charge in [0, 0.05) is 0 Å². The maximum Gasteiger partial charge on any atom is 0.219 e. The van der Waals surface area contributed by atoms with Crippen LogP contribution in [0.15, 0.2) is 36.9 Å². The Labute approximate surface area is 117 Å². The van der Waals surface area contributed by atoms with Crippen LogP contribution in [0, 0.1) is 5.41 Å². The molecule has 0 saturated carbocycles. The molecule has 2 aromatic rings. The average Bonchev–Trinajstić information content (AvgIpc) is 2.90. The number of hydrogen-bond donors (Lipinski definition) is 2. The molecule has 0 saturated heterocycles. The van der Waals surface area contributed by atoms with Crippen LogP contribution in [0.2, 0.25) is 0 Å². The van der Waals surface area contributed by atoms with Crippen molar-refractivity contribution in [3.05, 3.63) is 36.9 Å². The lowest BCUT2D eigenvalue weighted by molar-refractivity contribution is -0.0731. The van der Waals surface area contributed by atoms with Crippen molar-refractivity contribution in [3.63, 3.8) is 0 Å². The monoisotopic (exact) mass is 277 g/mol. The van der Waals surface area contributed by atoms with Crippen molar-refractivity contribution in [2.45, 2.75) is 33.1 Å². The maximum atomic E-state index is 10.5. The van der Waals surface area contributed by atoms with Crippen molar-refractivity contribution in [3.8, 4) is 11.5 Å². The van der Waals surface area contributed by atoms with Crippen LogP contribution in [-0.4, -0.2) is 31.1 Å². The number of ether oxygens (including phenoxy) is 1. The zero-order valence-corrected chi connectivity index (χ0v) is 11.8. The molecule has 1 heterocycles. The third kappa shape index (κ3) is 3.27. The van der Waals surface area contributed by atoms with Gasteiger partial charge in [-0.1, -0.05) is 20.8 Å². The fourth-order valence-electron chi connectivity index (χ4n) is 1.70. The third-order valence-electron chi connectivity index (χ3n) is 2.95. The first-order valence-electron chi connectivity index (χ1n) is 6.36. The standard InChI is InChI=1S/C14H19N3O3/c1-14(2,3)12(19)13(17-9-15-8-16-17)20-11-6-4-10(18)5-7-11/h4-9,12-13,18-19H,1-3H3. The van der Waals surface area contributed by atoms with Crippen LogP contribution in [0.25, 0.3) is 0 Å². The van der Waals surface area contributed by atoms with Gasteiger partial charge >= 0.3 is 0 Å². The summed E-state index contributed by atoms with van der Waals surface area (Å²) in [5, 5.41) is 23.8. The number of phenols is 1. The molecule has 0 radical (unpaired) electrons. The zero-order valence-electron chi connectivity index (χ0n) is 11.8. The van der Waals surface area contributed by atoms with Crippen LogP contribution >= 0.6 is 0 Å². The number of rotatable bonds is 4. The largest absolute Gasteiger partial charge is 0.508 e. The molecule has 2 unspecified atom stereocenters. The summed E-state index contributed by atoms with van der Waals surface area (Å²) in [6.07, 6.45) is 1.42. The first kappa shape index (κ1) is 14.3. The smallest absolute Gasteiger partial charge is 0.219 e. The van der Waals surface area contributed by atoms with Gasteiger partial charge in [-0.2, -0.15) is 5.10 Å². The second-order valence-corrected chi connectivity index (χ2v) is 5.69. The lowest BCUT2D eigenvalue weighted by Gasteiger charge is -2.32. The molecule has 0 fully saturated rings. The van der Waals surface area contributed by atoms with E-state index in [0.29, 0.717) is 5.75 Å². The Kier molecular flexibility index (Phi) is 3.94. The lowest BCUT2D eigenvalue weighted by atomic mass is 9.88. The molecule has 0 amide bonds. The van der Waals surface area contributed by atoms with Crippen LogP contribution in [0.4, 0.5) is 0 Å². The van der Waals surface area contributed by atoms with E-state index >= 15 is 0 Å². The minimum Gasteiger partial charge on any atom is -0.508 e. The minimum absolute atomic E-state index is 0.158. The molecule has 1 aromatic heterocycles. The Morgan fingerprint density at radius 1 is 1.20 bits per heavy atom. The van der Waals surface area contributed by atoms with Gasteiger partial charge in [0.1, 0.15) is 30.3 Å². The van der Waals surface area contributed by atoms with E-state index in [0.717, 1.165) is 0 Å². The Balaban J connectivity index is 2.26. The van der Waals surface area contributed by atoms with Crippen LogP contribution in [0.5, 0.6) is 11.5 Å². The normalized spacial score (nSPS) is 14.8. The summed E-state index contributed by atoms with van der Waals surface area (Å²) in [6.45, 7) is 5.76. The predicted octanol–water partition coefficient (Wildman–Crippen LogP) is 1.97. The van der Waals surface area contributed by atoms with Gasteiger partial charge in [0.15, 0.2) is 0 Å². The number of aliphatic hydroxyl groups is 1. The fourth-order valence-corrected chi connectivity index (χ4v) is 1.70. The fraction of sp³-hybridized carbons (Fsp3) is 0.429. The van der Waals surface area contributed by atoms with Crippen LogP contribution in [0.3, 0.4) is 0 Å². The van der Waals surface area contributed by atoms with Crippen molar-refractivity contribution in [1.82, 2.24) is 14.8 Å². The molecule has 6 nitrogen and oxygen atoms in total. The number of aromatic nitrogens is 3. The minimum atomic E-state index is -0.780. The molecule has 0 aliphatic carbocycles. The third-order valence-corrected chi connectivity index (χ3v) is 2.95. The van der Waals surface area contributed by atoms with Crippen LogP contribution in [0.1, 0.15) is 27.0 Å². The Hall–Kier alpha value is -2.08. The molecule has 0 bridgehead atoms. The average molecular weight is 277 g/mol. The Morgan fingerprint density at radius 2 is 1.85 bits per heavy atom. The molecule has 2 atom stereocenters. The Morgan fingerprint density at radius 3 is 2.35 bits per heavy atom. The Bertz CT molecular complexity index is 532. The summed E-state index contributed by atoms with van der Waals surface area (Å²) in [5.41, 5.74) is -0.381. The van der Waals surface area contributed by atoms with Gasteiger partial charge in [-0.05, 0) is 29.7 Å². The molecular weight excluding hydrogens is 258 g/mol. The number of nitrogens with zero attached hydrogens (tertiary/aromatic N) is 3. The lowest BCUT2D eigenvalue weighted by Crippen LogP contribution is -2.38. The molecule has 2 rings (SSSR count). The highest BCUT2D eigenvalue weighted by Gasteiger charge is 2.34. The first-order valence-corrected chi connectivity index (χ1v) is 6.36. The van der Waals surface area contributed by atoms with E-state index in [9.17, 15) is 10.2 Å². The van der Waals surface area contributed by atoms with E-state index in [2.05, 4.69) is 10.1 Å². The zero-order chi connectivity index (χ0) is 14.8. The molecule has 0 aliphatic heterocycles. The number of aromatic hydroxyl groups is 1. The number of phenolic OH excluding ortho intramolecular Hbond substituents is 1. The summed E-state index contributed by atoms with van der Waals surface area (Å²) in [6, 6.07) is 6.32. The predicted molar refractivity (Wildman–Crippen MR) is 73.3 cm³/mol. The van der Waals surface area contributed by atoms with Crippen molar-refractivity contribution in [1.29, 1.82) is 0 Å². The molecular formula is C14H19N3O3. The van der Waals surface area contributed by atoms with Crippen LogP contribution < -0.4 is 4.74 Å². The van der Waals surface area contributed by atoms with Crippen molar-refractivity contribution in [2.75, 3.05) is 0 Å². The second kappa shape index (κ2) is 5.50. The van der Waals surface area contributed by atoms with Crippen LogP contribution in [-0.2, 0) is 0 Å². The summed E-state index contributed by atoms with van der Waals surface area (Å²) < 4.78 is 7.28. The SMILES string of the molecule is CC(C)(C)C(O)C(Oc1ccc(O)cc1)n1cncn1. The van der Waals surface area contributed by atoms with Crippen molar-refractivity contribution >= 4 is 0 Å². The molecule has 2 N–H and O–H groups in total. The quantitative estimate of drug-likeness (QED) is 0.893. The molecule has 0 spiro atoms. The van der Waals surface area contributed by atoms with Crippen molar-refractivity contribution in [2.24, 2.45) is 5.41 Å². The summed E-state index contributed by atoms with van der Waals surface area (Å²) >= 11 is 0. The first-order chi connectivity index (χ1) is 9.38. The molecule has 108 valence electrons. The van der Waals surface area contributed by atoms with Gasteiger partial charge in [0.25, 0.3) is 0 Å². The summed E-state index contributed by atoms with van der Waals surface area (Å²) in [5.74, 6) is 0.692. The van der Waals surface area contributed by atoms with E-state index in [1.165, 1.54) is 29.5 Å². The van der Waals surface area contributed by atoms with Gasteiger partial charge in [0.2, 0.25) is 6.23 Å². The van der Waals surface area contributed by atoms with Crippen molar-refractivity contribution < 1.29 is 14.9 Å². The number of benzene rings is 1. The van der Waals surface area contributed by atoms with E-state index < -0.39 is 12.3 Å². The highest BCUT2D eigenvalue weighted by atomic mass is 16.5. The van der Waals surface area contributed by atoms with E-state index in [-0.39, 0.29) is 11.2 Å².